The van der Waals surface area contributed by atoms with Crippen molar-refractivity contribution in [1.82, 2.24) is 0 Å². The van der Waals surface area contributed by atoms with E-state index in [2.05, 4.69) is 20.8 Å². The van der Waals surface area contributed by atoms with Gasteiger partial charge in [0.05, 0.1) is 18.2 Å². The molecule has 1 aliphatic rings. The maximum atomic E-state index is 13.9. The first kappa shape index (κ1) is 25.0. The number of hydrogen-bond donors (Lipinski definition) is 0. The first-order valence-electron chi connectivity index (χ1n) is 13.2. The van der Waals surface area contributed by atoms with Gasteiger partial charge in [-0.05, 0) is 87.5 Å². The van der Waals surface area contributed by atoms with Crippen LogP contribution in [0.1, 0.15) is 60.7 Å². The average molecular weight is 495 g/mol. The first-order chi connectivity index (χ1) is 17.9. The summed E-state index contributed by atoms with van der Waals surface area (Å²) in [6, 6.07) is 23.6. The van der Waals surface area contributed by atoms with Gasteiger partial charge in [0, 0.05) is 0 Å². The summed E-state index contributed by atoms with van der Waals surface area (Å²) < 4.78 is 11.4. The van der Waals surface area contributed by atoms with E-state index in [1.807, 2.05) is 72.8 Å². The second-order valence-corrected chi connectivity index (χ2v) is 10.8. The minimum Gasteiger partial charge on any atom is -0.465 e. The summed E-state index contributed by atoms with van der Waals surface area (Å²) in [5.74, 6) is 0.530. The molecule has 5 rings (SSSR count). The van der Waals surface area contributed by atoms with Crippen molar-refractivity contribution in [2.75, 3.05) is 7.11 Å². The summed E-state index contributed by atoms with van der Waals surface area (Å²) >= 11 is 0. The van der Waals surface area contributed by atoms with E-state index in [0.29, 0.717) is 40.0 Å². The Labute approximate surface area is 218 Å². The molecule has 4 heteroatoms. The number of ether oxygens (including phenoxy) is 2. The van der Waals surface area contributed by atoms with Gasteiger partial charge in [0.15, 0.2) is 0 Å². The Bertz CT molecular complexity index is 1470. The minimum absolute atomic E-state index is 0.118. The van der Waals surface area contributed by atoms with Gasteiger partial charge in [-0.3, -0.25) is 0 Å². The molecule has 0 bridgehead atoms. The molecule has 1 aliphatic carbocycles. The van der Waals surface area contributed by atoms with Gasteiger partial charge in [-0.2, -0.15) is 0 Å². The molecule has 0 amide bonds. The van der Waals surface area contributed by atoms with Crippen molar-refractivity contribution in [3.8, 4) is 11.1 Å². The molecule has 1 fully saturated rings. The fourth-order valence-corrected chi connectivity index (χ4v) is 5.83. The molecule has 0 unspecified atom stereocenters. The number of hydrogen-bond acceptors (Lipinski definition) is 4. The van der Waals surface area contributed by atoms with Crippen molar-refractivity contribution in [2.24, 2.45) is 17.8 Å². The van der Waals surface area contributed by atoms with Crippen LogP contribution in [0.25, 0.3) is 32.7 Å². The summed E-state index contributed by atoms with van der Waals surface area (Å²) in [5, 5.41) is 3.87. The fraction of sp³-hybridized carbons (Fsp3) is 0.333. The highest BCUT2D eigenvalue weighted by molar-refractivity contribution is 6.09. The van der Waals surface area contributed by atoms with Gasteiger partial charge >= 0.3 is 11.9 Å². The molecule has 1 saturated carbocycles. The van der Waals surface area contributed by atoms with Gasteiger partial charge < -0.3 is 9.47 Å². The number of carbonyl (C=O) groups excluding carboxylic acids is 2. The topological polar surface area (TPSA) is 52.6 Å². The summed E-state index contributed by atoms with van der Waals surface area (Å²) in [6.45, 7) is 6.65. The smallest absolute Gasteiger partial charge is 0.339 e. The Balaban J connectivity index is 1.67. The Hall–Kier alpha value is -3.66. The van der Waals surface area contributed by atoms with Crippen molar-refractivity contribution in [1.29, 1.82) is 0 Å². The van der Waals surface area contributed by atoms with E-state index in [0.717, 1.165) is 40.8 Å². The second-order valence-electron chi connectivity index (χ2n) is 10.8. The highest BCUT2D eigenvalue weighted by atomic mass is 16.5. The molecular weight excluding hydrogens is 460 g/mol. The third-order valence-electron chi connectivity index (χ3n) is 7.91. The fourth-order valence-electron chi connectivity index (χ4n) is 5.83. The highest BCUT2D eigenvalue weighted by Gasteiger charge is 2.34. The molecule has 0 aliphatic heterocycles. The lowest BCUT2D eigenvalue weighted by atomic mass is 9.75. The van der Waals surface area contributed by atoms with E-state index in [-0.39, 0.29) is 12.1 Å². The van der Waals surface area contributed by atoms with Crippen LogP contribution in [0, 0.1) is 17.8 Å². The summed E-state index contributed by atoms with van der Waals surface area (Å²) in [5.41, 5.74) is 2.25. The Kier molecular flexibility index (Phi) is 7.01. The average Bonchev–Trinajstić information content (AvgIpc) is 2.91. The predicted octanol–water partition coefficient (Wildman–Crippen LogP) is 8.06. The highest BCUT2D eigenvalue weighted by Crippen LogP contribution is 2.38. The Morgan fingerprint density at radius 3 is 1.73 bits per heavy atom. The lowest BCUT2D eigenvalue weighted by Gasteiger charge is -2.36. The molecule has 4 aromatic rings. The van der Waals surface area contributed by atoms with Crippen molar-refractivity contribution in [3.63, 3.8) is 0 Å². The summed E-state index contributed by atoms with van der Waals surface area (Å²) in [6.07, 6.45) is 2.99. The van der Waals surface area contributed by atoms with Crippen LogP contribution in [0.5, 0.6) is 0 Å². The van der Waals surface area contributed by atoms with Crippen LogP contribution >= 0.6 is 0 Å². The molecule has 37 heavy (non-hydrogen) atoms. The Morgan fingerprint density at radius 2 is 1.24 bits per heavy atom. The lowest BCUT2D eigenvalue weighted by Crippen LogP contribution is -2.36. The van der Waals surface area contributed by atoms with Crippen LogP contribution in [-0.2, 0) is 9.47 Å². The largest absolute Gasteiger partial charge is 0.465 e. The van der Waals surface area contributed by atoms with Crippen molar-refractivity contribution >= 4 is 33.5 Å². The molecule has 4 nitrogen and oxygen atoms in total. The molecular formula is C33H34O4. The van der Waals surface area contributed by atoms with E-state index in [9.17, 15) is 9.59 Å². The van der Waals surface area contributed by atoms with Crippen LogP contribution in [0.15, 0.2) is 72.8 Å². The predicted molar refractivity (Wildman–Crippen MR) is 149 cm³/mol. The van der Waals surface area contributed by atoms with Crippen LogP contribution in [-0.4, -0.2) is 25.2 Å². The third-order valence-corrected chi connectivity index (χ3v) is 7.91. The van der Waals surface area contributed by atoms with Crippen LogP contribution in [0.4, 0.5) is 0 Å². The number of rotatable bonds is 5. The maximum absolute atomic E-state index is 13.9. The third kappa shape index (κ3) is 4.98. The van der Waals surface area contributed by atoms with E-state index in [1.165, 1.54) is 7.11 Å². The second kappa shape index (κ2) is 10.4. The van der Waals surface area contributed by atoms with E-state index in [1.54, 1.807) is 0 Å². The standard InChI is InChI=1S/C33H34O4/c1-20(2)26-14-13-21(3)15-31(26)37-33(35)30-19-25-12-8-6-10-23(25)17-28(30)27-16-22-9-5-7-11-24(22)18-29(27)32(34)36-4/h5-12,16-21,26,31H,13-15H2,1-4H3/t21-,26+,31-/m1/s1. The van der Waals surface area contributed by atoms with Gasteiger partial charge in [-0.1, -0.05) is 75.7 Å². The zero-order chi connectivity index (χ0) is 26.1. The van der Waals surface area contributed by atoms with Crippen molar-refractivity contribution in [2.45, 2.75) is 46.1 Å². The number of benzene rings is 4. The summed E-state index contributed by atoms with van der Waals surface area (Å²) in [4.78, 5) is 26.8. The first-order valence-corrected chi connectivity index (χ1v) is 13.2. The number of carbonyl (C=O) groups is 2. The van der Waals surface area contributed by atoms with Gasteiger partial charge in [-0.25, -0.2) is 9.59 Å². The molecule has 0 saturated heterocycles. The zero-order valence-electron chi connectivity index (χ0n) is 22.0. The number of fused-ring (bicyclic) bond motifs is 2. The molecule has 0 heterocycles. The van der Waals surface area contributed by atoms with Crippen molar-refractivity contribution in [3.05, 3.63) is 83.9 Å². The SMILES string of the molecule is COC(=O)c1cc2ccccc2cc1-c1cc2ccccc2cc1C(=O)O[C@@H]1C[C@H](C)CC[C@H]1C(C)C. The molecule has 0 radical (unpaired) electrons. The minimum atomic E-state index is -0.436. The van der Waals surface area contributed by atoms with Gasteiger partial charge in [0.2, 0.25) is 0 Å². The van der Waals surface area contributed by atoms with Crippen molar-refractivity contribution < 1.29 is 19.1 Å². The normalized spacial score (nSPS) is 19.8. The van der Waals surface area contributed by atoms with Crippen LogP contribution in [0.2, 0.25) is 0 Å². The number of methoxy groups -OCH3 is 1. The van der Waals surface area contributed by atoms with Crippen LogP contribution in [0.3, 0.4) is 0 Å². The quantitative estimate of drug-likeness (QED) is 0.263. The van der Waals surface area contributed by atoms with Gasteiger partial charge in [-0.15, -0.1) is 0 Å². The van der Waals surface area contributed by atoms with E-state index in [4.69, 9.17) is 9.47 Å². The van der Waals surface area contributed by atoms with E-state index < -0.39 is 5.97 Å². The molecule has 0 spiro atoms. The molecule has 4 aromatic carbocycles. The zero-order valence-corrected chi connectivity index (χ0v) is 22.0. The maximum Gasteiger partial charge on any atom is 0.339 e. The molecule has 3 atom stereocenters. The Morgan fingerprint density at radius 1 is 0.757 bits per heavy atom. The molecule has 0 N–H and O–H groups in total. The van der Waals surface area contributed by atoms with Gasteiger partial charge in [0.25, 0.3) is 0 Å². The van der Waals surface area contributed by atoms with Crippen LogP contribution < -0.4 is 0 Å². The van der Waals surface area contributed by atoms with Gasteiger partial charge in [0.1, 0.15) is 6.10 Å². The molecule has 190 valence electrons. The van der Waals surface area contributed by atoms with E-state index >= 15 is 0 Å². The monoisotopic (exact) mass is 494 g/mol. The summed E-state index contributed by atoms with van der Waals surface area (Å²) in [7, 11) is 1.38. The lowest BCUT2D eigenvalue weighted by molar-refractivity contribution is -0.0173. The molecule has 0 aromatic heterocycles. The number of esters is 2.